The highest BCUT2D eigenvalue weighted by atomic mass is 32.2. The van der Waals surface area contributed by atoms with Gasteiger partial charge in [-0.2, -0.15) is 4.31 Å². The minimum absolute atomic E-state index is 0.0221. The molecule has 6 nitrogen and oxygen atoms in total. The molecular weight excluding hydrogens is 272 g/mol. The van der Waals surface area contributed by atoms with Gasteiger partial charge in [-0.3, -0.25) is 0 Å². The number of hydrogen-bond acceptors (Lipinski definition) is 4. The molecule has 1 heterocycles. The lowest BCUT2D eigenvalue weighted by Gasteiger charge is -2.24. The van der Waals surface area contributed by atoms with Gasteiger partial charge in [-0.15, -0.1) is 0 Å². The van der Waals surface area contributed by atoms with Crippen LogP contribution >= 0.6 is 12.2 Å². The molecule has 1 aromatic rings. The number of nitrogens with two attached hydrogens (primary N) is 1. The summed E-state index contributed by atoms with van der Waals surface area (Å²) in [6.45, 7) is 6.14. The second kappa shape index (κ2) is 5.77. The van der Waals surface area contributed by atoms with Crippen molar-refractivity contribution in [2.75, 3.05) is 6.54 Å². The van der Waals surface area contributed by atoms with Crippen LogP contribution in [0.2, 0.25) is 0 Å². The highest BCUT2D eigenvalue weighted by Crippen LogP contribution is 2.16. The number of aryl methyl sites for hydroxylation is 1. The fourth-order valence-electron chi connectivity index (χ4n) is 1.46. The highest BCUT2D eigenvalue weighted by Gasteiger charge is 2.29. The molecule has 0 amide bonds. The largest absolute Gasteiger partial charge is 0.392 e. The number of nitrogens with zero attached hydrogens (tertiary/aromatic N) is 3. The van der Waals surface area contributed by atoms with Crippen LogP contribution in [0, 0.1) is 0 Å². The first-order valence-electron chi connectivity index (χ1n) is 5.61. The number of rotatable bonds is 6. The first kappa shape index (κ1) is 15.1. The minimum atomic E-state index is -3.65. The van der Waals surface area contributed by atoms with Gasteiger partial charge in [-0.1, -0.05) is 12.2 Å². The summed E-state index contributed by atoms with van der Waals surface area (Å²) in [5.41, 5.74) is 5.44. The van der Waals surface area contributed by atoms with Gasteiger partial charge in [-0.25, -0.2) is 13.4 Å². The molecule has 0 aromatic carbocycles. The number of sulfonamides is 1. The summed E-state index contributed by atoms with van der Waals surface area (Å²) >= 11 is 4.78. The summed E-state index contributed by atoms with van der Waals surface area (Å²) in [4.78, 5) is 4.06. The predicted octanol–water partition coefficient (Wildman–Crippen LogP) is 0.588. The van der Waals surface area contributed by atoms with Crippen molar-refractivity contribution in [2.45, 2.75) is 38.4 Å². The van der Waals surface area contributed by atoms with Crippen molar-refractivity contribution < 1.29 is 8.42 Å². The van der Waals surface area contributed by atoms with Gasteiger partial charge in [0.05, 0.1) is 17.9 Å². The van der Waals surface area contributed by atoms with E-state index in [1.54, 1.807) is 18.4 Å². The molecule has 2 N–H and O–H groups in total. The molecule has 0 spiro atoms. The van der Waals surface area contributed by atoms with Crippen LogP contribution in [-0.2, 0) is 16.6 Å². The monoisotopic (exact) mass is 290 g/mol. The third kappa shape index (κ3) is 3.27. The Hall–Kier alpha value is -0.990. The van der Waals surface area contributed by atoms with Crippen LogP contribution in [0.5, 0.6) is 0 Å². The Labute approximate surface area is 113 Å². The van der Waals surface area contributed by atoms with Crippen LogP contribution in [-0.4, -0.2) is 39.8 Å². The summed E-state index contributed by atoms with van der Waals surface area (Å²) < 4.78 is 27.7. The van der Waals surface area contributed by atoms with Gasteiger partial charge in [0.15, 0.2) is 5.03 Å². The number of imidazole rings is 1. The van der Waals surface area contributed by atoms with Crippen LogP contribution < -0.4 is 5.73 Å². The Kier molecular flexibility index (Phi) is 4.83. The SMILES string of the molecule is CCn1cnc(S(=O)(=O)N(CC(N)=S)C(C)C)c1. The van der Waals surface area contributed by atoms with Crippen molar-refractivity contribution in [3.63, 3.8) is 0 Å². The summed E-state index contributed by atoms with van der Waals surface area (Å²) in [5, 5.41) is 0.0225. The first-order chi connectivity index (χ1) is 8.28. The third-order valence-electron chi connectivity index (χ3n) is 2.44. The van der Waals surface area contributed by atoms with Gasteiger partial charge in [0.1, 0.15) is 0 Å². The number of hydrogen-bond donors (Lipinski definition) is 1. The Morgan fingerprint density at radius 3 is 2.61 bits per heavy atom. The van der Waals surface area contributed by atoms with E-state index in [1.807, 2.05) is 6.92 Å². The maximum Gasteiger partial charge on any atom is 0.262 e. The number of thiocarbonyl (C=S) groups is 1. The van der Waals surface area contributed by atoms with Crippen molar-refractivity contribution in [1.82, 2.24) is 13.9 Å². The quantitative estimate of drug-likeness (QED) is 0.775. The zero-order valence-corrected chi connectivity index (χ0v) is 12.3. The molecule has 18 heavy (non-hydrogen) atoms. The maximum absolute atomic E-state index is 12.4. The topological polar surface area (TPSA) is 81.2 Å². The molecule has 0 atom stereocenters. The van der Waals surface area contributed by atoms with Gasteiger partial charge in [-0.05, 0) is 20.8 Å². The highest BCUT2D eigenvalue weighted by molar-refractivity contribution is 7.89. The second-order valence-electron chi connectivity index (χ2n) is 4.15. The molecule has 0 aliphatic heterocycles. The molecule has 102 valence electrons. The van der Waals surface area contributed by atoms with E-state index in [-0.39, 0.29) is 22.6 Å². The van der Waals surface area contributed by atoms with Crippen molar-refractivity contribution in [2.24, 2.45) is 5.73 Å². The Morgan fingerprint density at radius 1 is 1.61 bits per heavy atom. The van der Waals surface area contributed by atoms with E-state index < -0.39 is 10.0 Å². The summed E-state index contributed by atoms with van der Waals surface area (Å²) in [6.07, 6.45) is 3.00. The first-order valence-corrected chi connectivity index (χ1v) is 7.45. The lowest BCUT2D eigenvalue weighted by atomic mass is 10.4. The van der Waals surface area contributed by atoms with Gasteiger partial charge >= 0.3 is 0 Å². The third-order valence-corrected chi connectivity index (χ3v) is 4.47. The van der Waals surface area contributed by atoms with Crippen LogP contribution in [0.15, 0.2) is 17.6 Å². The lowest BCUT2D eigenvalue weighted by molar-refractivity contribution is 0.389. The molecule has 0 radical (unpaired) electrons. The zero-order chi connectivity index (χ0) is 13.9. The number of aromatic nitrogens is 2. The lowest BCUT2D eigenvalue weighted by Crippen LogP contribution is -2.42. The van der Waals surface area contributed by atoms with Gasteiger partial charge in [0.25, 0.3) is 10.0 Å². The van der Waals surface area contributed by atoms with Crippen LogP contribution in [0.1, 0.15) is 20.8 Å². The van der Waals surface area contributed by atoms with E-state index in [1.165, 1.54) is 16.8 Å². The molecule has 0 bridgehead atoms. The Bertz CT molecular complexity index is 522. The average molecular weight is 290 g/mol. The summed E-state index contributed by atoms with van der Waals surface area (Å²) in [6, 6.07) is -0.233. The van der Waals surface area contributed by atoms with Crippen molar-refractivity contribution in [1.29, 1.82) is 0 Å². The Morgan fingerprint density at radius 2 is 2.22 bits per heavy atom. The maximum atomic E-state index is 12.4. The standard InChI is InChI=1S/C10H18N4O2S2/c1-4-13-6-10(12-7-13)18(15,16)14(8(2)3)5-9(11)17/h6-8H,4-5H2,1-3H3,(H2,11,17). The fourth-order valence-corrected chi connectivity index (χ4v) is 3.24. The summed E-state index contributed by atoms with van der Waals surface area (Å²) in [5.74, 6) is 0. The van der Waals surface area contributed by atoms with E-state index in [9.17, 15) is 8.42 Å². The normalized spacial score (nSPS) is 12.3. The van der Waals surface area contributed by atoms with Gasteiger partial charge in [0.2, 0.25) is 0 Å². The van der Waals surface area contributed by atoms with E-state index in [0.29, 0.717) is 6.54 Å². The van der Waals surface area contributed by atoms with Crippen LogP contribution in [0.4, 0.5) is 0 Å². The molecule has 0 saturated heterocycles. The average Bonchev–Trinajstić information content (AvgIpc) is 2.74. The van der Waals surface area contributed by atoms with Crippen molar-refractivity contribution >= 4 is 27.2 Å². The molecular formula is C10H18N4O2S2. The van der Waals surface area contributed by atoms with Gasteiger partial charge < -0.3 is 10.3 Å². The molecule has 1 aromatic heterocycles. The van der Waals surface area contributed by atoms with E-state index in [4.69, 9.17) is 18.0 Å². The smallest absolute Gasteiger partial charge is 0.262 e. The summed E-state index contributed by atoms with van der Waals surface area (Å²) in [7, 11) is -3.65. The minimum Gasteiger partial charge on any atom is -0.392 e. The fraction of sp³-hybridized carbons (Fsp3) is 0.600. The molecule has 1 rings (SSSR count). The molecule has 0 aliphatic carbocycles. The van der Waals surface area contributed by atoms with Crippen molar-refractivity contribution in [3.8, 4) is 0 Å². The molecule has 0 unspecified atom stereocenters. The molecule has 0 fully saturated rings. The zero-order valence-electron chi connectivity index (χ0n) is 10.7. The van der Waals surface area contributed by atoms with Crippen LogP contribution in [0.3, 0.4) is 0 Å². The van der Waals surface area contributed by atoms with E-state index in [2.05, 4.69) is 4.98 Å². The molecule has 0 saturated carbocycles. The molecule has 8 heteroatoms. The molecule has 0 aliphatic rings. The van der Waals surface area contributed by atoms with E-state index >= 15 is 0 Å². The van der Waals surface area contributed by atoms with E-state index in [0.717, 1.165) is 0 Å². The Balaban J connectivity index is 3.12. The van der Waals surface area contributed by atoms with Crippen molar-refractivity contribution in [3.05, 3.63) is 12.5 Å². The van der Waals surface area contributed by atoms with Gasteiger partial charge in [0, 0.05) is 18.8 Å². The van der Waals surface area contributed by atoms with Crippen LogP contribution in [0.25, 0.3) is 0 Å². The predicted molar refractivity (Wildman–Crippen MR) is 73.7 cm³/mol. The second-order valence-corrected chi connectivity index (χ2v) is 6.51.